The van der Waals surface area contributed by atoms with Gasteiger partial charge in [-0.05, 0) is 47.7 Å². The summed E-state index contributed by atoms with van der Waals surface area (Å²) < 4.78 is 1.02. The Bertz CT molecular complexity index is 900. The number of benzene rings is 2. The molecule has 0 aromatic heterocycles. The zero-order valence-electron chi connectivity index (χ0n) is 14.4. The zero-order chi connectivity index (χ0) is 19.0. The van der Waals surface area contributed by atoms with Crippen LogP contribution < -0.4 is 5.32 Å². The average molecular weight is 445 g/mol. The minimum Gasteiger partial charge on any atom is -0.326 e. The summed E-state index contributed by atoms with van der Waals surface area (Å²) in [7, 11) is 0. The molecule has 2 aromatic carbocycles. The second-order valence-corrected chi connectivity index (χ2v) is 8.57. The number of hydrogen-bond acceptors (Lipinski definition) is 4. The number of thioether (sulfide) groups is 1. The van der Waals surface area contributed by atoms with Crippen LogP contribution in [0.15, 0.2) is 53.0 Å². The monoisotopic (exact) mass is 444 g/mol. The van der Waals surface area contributed by atoms with Crippen molar-refractivity contribution in [2.24, 2.45) is 5.92 Å². The normalized spacial score (nSPS) is 21.4. The Morgan fingerprint density at radius 1 is 1.19 bits per heavy atom. The summed E-state index contributed by atoms with van der Waals surface area (Å²) in [6.07, 6.45) is 0.858. The first-order chi connectivity index (χ1) is 13.0. The van der Waals surface area contributed by atoms with E-state index in [4.69, 9.17) is 0 Å². The molecule has 5 nitrogen and oxygen atoms in total. The van der Waals surface area contributed by atoms with Crippen molar-refractivity contribution in [1.29, 1.82) is 0 Å². The molecule has 1 aliphatic heterocycles. The van der Waals surface area contributed by atoms with E-state index < -0.39 is 0 Å². The lowest BCUT2D eigenvalue weighted by molar-refractivity contribution is -0.125. The number of halogens is 1. The molecule has 0 spiro atoms. The maximum Gasteiger partial charge on any atom is 0.289 e. The minimum atomic E-state index is -0.204. The number of imide groups is 1. The van der Waals surface area contributed by atoms with Crippen molar-refractivity contribution in [2.45, 2.75) is 18.9 Å². The van der Waals surface area contributed by atoms with Gasteiger partial charge in [-0.3, -0.25) is 19.3 Å². The third-order valence-corrected chi connectivity index (χ3v) is 6.16. The number of nitrogens with zero attached hydrogens (tertiary/aromatic N) is 1. The minimum absolute atomic E-state index is 0.00385. The van der Waals surface area contributed by atoms with Gasteiger partial charge in [0.05, 0.1) is 12.3 Å². The molecule has 1 N–H and O–H groups in total. The van der Waals surface area contributed by atoms with Gasteiger partial charge in [0.1, 0.15) is 0 Å². The number of anilines is 1. The first-order valence-corrected chi connectivity index (χ1v) is 10.4. The van der Waals surface area contributed by atoms with E-state index in [0.29, 0.717) is 0 Å². The Labute approximate surface area is 169 Å². The van der Waals surface area contributed by atoms with Crippen LogP contribution in [-0.2, 0) is 16.1 Å². The first kappa shape index (κ1) is 18.3. The van der Waals surface area contributed by atoms with E-state index in [1.165, 1.54) is 10.5 Å². The summed E-state index contributed by atoms with van der Waals surface area (Å²) in [5, 5.41) is 2.75. The third kappa shape index (κ3) is 4.09. The lowest BCUT2D eigenvalue weighted by Gasteiger charge is -2.13. The molecule has 27 heavy (non-hydrogen) atoms. The topological polar surface area (TPSA) is 66.5 Å². The molecule has 7 heteroatoms. The molecule has 1 heterocycles. The second-order valence-electron chi connectivity index (χ2n) is 6.72. The molecule has 0 radical (unpaired) electrons. The summed E-state index contributed by atoms with van der Waals surface area (Å²) in [6, 6.07) is 15.4. The summed E-state index contributed by atoms with van der Waals surface area (Å²) in [5.74, 6) is 0.346. The highest BCUT2D eigenvalue weighted by Gasteiger charge is 2.44. The molecule has 2 unspecified atom stereocenters. The predicted molar refractivity (Wildman–Crippen MR) is 108 cm³/mol. The SMILES string of the molecule is O=C(Nc1ccc(CN2C(=O)CSC2=O)cc1)C1CC1c1cccc(Br)c1. The fourth-order valence-corrected chi connectivity index (χ4v) is 4.38. The van der Waals surface area contributed by atoms with Crippen LogP contribution in [0.25, 0.3) is 0 Å². The van der Waals surface area contributed by atoms with Crippen LogP contribution in [0.1, 0.15) is 23.5 Å². The van der Waals surface area contributed by atoms with Crippen LogP contribution in [0.2, 0.25) is 0 Å². The Morgan fingerprint density at radius 3 is 2.63 bits per heavy atom. The highest BCUT2D eigenvalue weighted by molar-refractivity contribution is 9.10. The number of nitrogens with one attached hydrogen (secondary N) is 1. The van der Waals surface area contributed by atoms with E-state index in [9.17, 15) is 14.4 Å². The van der Waals surface area contributed by atoms with Crippen molar-refractivity contribution >= 4 is 50.4 Å². The number of amides is 3. The molecule has 2 aliphatic rings. The van der Waals surface area contributed by atoms with E-state index in [1.807, 2.05) is 36.4 Å². The zero-order valence-corrected chi connectivity index (χ0v) is 16.8. The van der Waals surface area contributed by atoms with Crippen molar-refractivity contribution < 1.29 is 14.4 Å². The molecule has 138 valence electrons. The van der Waals surface area contributed by atoms with Gasteiger partial charge < -0.3 is 5.32 Å². The van der Waals surface area contributed by atoms with Crippen LogP contribution >= 0.6 is 27.7 Å². The average Bonchev–Trinajstić information content (AvgIpc) is 3.40. The molecular weight excluding hydrogens is 428 g/mol. The van der Waals surface area contributed by atoms with Gasteiger partial charge in [0, 0.05) is 16.1 Å². The quantitative estimate of drug-likeness (QED) is 0.742. The molecule has 0 bridgehead atoms. The van der Waals surface area contributed by atoms with E-state index in [-0.39, 0.29) is 41.2 Å². The van der Waals surface area contributed by atoms with Crippen molar-refractivity contribution in [3.8, 4) is 0 Å². The molecule has 4 rings (SSSR count). The van der Waals surface area contributed by atoms with Crippen LogP contribution in [-0.4, -0.2) is 27.7 Å². The van der Waals surface area contributed by atoms with Gasteiger partial charge in [-0.15, -0.1) is 0 Å². The largest absolute Gasteiger partial charge is 0.326 e. The van der Waals surface area contributed by atoms with Crippen molar-refractivity contribution in [3.05, 3.63) is 64.1 Å². The predicted octanol–water partition coefficient (Wildman–Crippen LogP) is 4.39. The Balaban J connectivity index is 1.34. The van der Waals surface area contributed by atoms with E-state index >= 15 is 0 Å². The summed E-state index contributed by atoms with van der Waals surface area (Å²) >= 11 is 4.50. The van der Waals surface area contributed by atoms with E-state index in [1.54, 1.807) is 0 Å². The molecule has 2 aromatic rings. The van der Waals surface area contributed by atoms with Crippen LogP contribution in [0.4, 0.5) is 10.5 Å². The van der Waals surface area contributed by atoms with Crippen LogP contribution in [0.5, 0.6) is 0 Å². The van der Waals surface area contributed by atoms with Crippen LogP contribution in [0.3, 0.4) is 0 Å². The van der Waals surface area contributed by atoms with Gasteiger partial charge >= 0.3 is 0 Å². The summed E-state index contributed by atoms with van der Waals surface area (Å²) in [6.45, 7) is 0.270. The fraction of sp³-hybridized carbons (Fsp3) is 0.250. The molecule has 2 fully saturated rings. The molecule has 3 amide bonds. The van der Waals surface area contributed by atoms with Crippen LogP contribution in [0, 0.1) is 5.92 Å². The molecule has 2 atom stereocenters. The third-order valence-electron chi connectivity index (χ3n) is 4.81. The highest BCUT2D eigenvalue weighted by atomic mass is 79.9. The van der Waals surface area contributed by atoms with Gasteiger partial charge in [0.25, 0.3) is 5.24 Å². The Kier molecular flexibility index (Phi) is 5.06. The first-order valence-electron chi connectivity index (χ1n) is 8.63. The maximum absolute atomic E-state index is 12.5. The Hall–Kier alpha value is -2.12. The Morgan fingerprint density at radius 2 is 1.96 bits per heavy atom. The van der Waals surface area contributed by atoms with Gasteiger partial charge in [-0.2, -0.15) is 0 Å². The number of carbonyl (C=O) groups excluding carboxylic acids is 3. The van der Waals surface area contributed by atoms with Gasteiger partial charge in [-0.1, -0.05) is 52.0 Å². The van der Waals surface area contributed by atoms with Crippen molar-refractivity contribution in [2.75, 3.05) is 11.1 Å². The number of hydrogen-bond donors (Lipinski definition) is 1. The number of rotatable bonds is 5. The van der Waals surface area contributed by atoms with Crippen molar-refractivity contribution in [1.82, 2.24) is 4.90 Å². The van der Waals surface area contributed by atoms with Gasteiger partial charge in [0.2, 0.25) is 11.8 Å². The smallest absolute Gasteiger partial charge is 0.289 e. The highest BCUT2D eigenvalue weighted by Crippen LogP contribution is 2.48. The second kappa shape index (κ2) is 7.48. The molecular formula is C20H17BrN2O3S. The standard InChI is InChI=1S/C20H17BrN2O3S/c21-14-3-1-2-13(8-14)16-9-17(16)19(25)22-15-6-4-12(5-7-15)10-23-18(24)11-27-20(23)26/h1-8,16-17H,9-11H2,(H,22,25). The van der Waals surface area contributed by atoms with Crippen molar-refractivity contribution in [3.63, 3.8) is 0 Å². The van der Waals surface area contributed by atoms with Gasteiger partial charge in [-0.25, -0.2) is 0 Å². The van der Waals surface area contributed by atoms with E-state index in [2.05, 4.69) is 33.4 Å². The van der Waals surface area contributed by atoms with E-state index in [0.717, 1.165) is 33.9 Å². The maximum atomic E-state index is 12.5. The fourth-order valence-electron chi connectivity index (χ4n) is 3.24. The summed E-state index contributed by atoms with van der Waals surface area (Å²) in [4.78, 5) is 37.1. The molecule has 1 aliphatic carbocycles. The summed E-state index contributed by atoms with van der Waals surface area (Å²) in [5.41, 5.74) is 2.76. The van der Waals surface area contributed by atoms with Gasteiger partial charge in [0.15, 0.2) is 0 Å². The molecule has 1 saturated carbocycles. The molecule has 1 saturated heterocycles. The number of carbonyl (C=O) groups is 3. The lowest BCUT2D eigenvalue weighted by atomic mass is 10.1. The lowest BCUT2D eigenvalue weighted by Crippen LogP contribution is -2.27.